The van der Waals surface area contributed by atoms with E-state index in [2.05, 4.69) is 10.6 Å². The minimum atomic E-state index is -1.66. The first-order valence-corrected chi connectivity index (χ1v) is 8.41. The third kappa shape index (κ3) is 6.74. The average Bonchev–Trinajstić information content (AvgIpc) is 2.53. The zero-order valence-corrected chi connectivity index (χ0v) is 15.2. The zero-order chi connectivity index (χ0) is 19.2. The SMILES string of the molecule is CO[C@@H](C(=O)NC1CCCNC1=O)[C@H](O)[C@@H](O)[C@H](O)/C=C/C(C)(C)C. The van der Waals surface area contributed by atoms with Gasteiger partial charge in [0.25, 0.3) is 5.91 Å². The number of aliphatic hydroxyl groups is 3. The van der Waals surface area contributed by atoms with Gasteiger partial charge in [-0.1, -0.05) is 32.9 Å². The lowest BCUT2D eigenvalue weighted by molar-refractivity contribution is -0.151. The molecule has 0 aromatic rings. The number of carbonyl (C=O) groups excluding carboxylic acids is 2. The molecule has 8 heteroatoms. The second kappa shape index (κ2) is 9.28. The summed E-state index contributed by atoms with van der Waals surface area (Å²) in [6, 6.07) is -0.700. The minimum Gasteiger partial charge on any atom is -0.387 e. The fraction of sp³-hybridized carbons (Fsp3) is 0.765. The molecule has 8 nitrogen and oxygen atoms in total. The molecule has 0 radical (unpaired) electrons. The van der Waals surface area contributed by atoms with E-state index in [1.807, 2.05) is 20.8 Å². The highest BCUT2D eigenvalue weighted by Gasteiger charge is 2.37. The van der Waals surface area contributed by atoms with Crippen molar-refractivity contribution in [3.63, 3.8) is 0 Å². The van der Waals surface area contributed by atoms with Crippen LogP contribution in [0.4, 0.5) is 0 Å². The van der Waals surface area contributed by atoms with Crippen molar-refractivity contribution in [2.45, 2.75) is 64.1 Å². The van der Waals surface area contributed by atoms with Gasteiger partial charge >= 0.3 is 0 Å². The van der Waals surface area contributed by atoms with E-state index in [0.717, 1.165) is 6.42 Å². The maximum absolute atomic E-state index is 12.3. The van der Waals surface area contributed by atoms with Gasteiger partial charge in [0.15, 0.2) is 6.10 Å². The van der Waals surface area contributed by atoms with Crippen molar-refractivity contribution in [2.75, 3.05) is 13.7 Å². The average molecular weight is 358 g/mol. The van der Waals surface area contributed by atoms with Gasteiger partial charge in [-0.3, -0.25) is 9.59 Å². The first-order chi connectivity index (χ1) is 11.6. The maximum atomic E-state index is 12.3. The molecule has 1 rings (SSSR count). The third-order valence-corrected chi connectivity index (χ3v) is 3.92. The largest absolute Gasteiger partial charge is 0.387 e. The Labute approximate surface area is 148 Å². The molecule has 0 aromatic heterocycles. The fourth-order valence-corrected chi connectivity index (χ4v) is 2.45. The van der Waals surface area contributed by atoms with Crippen molar-refractivity contribution < 1.29 is 29.6 Å². The number of aliphatic hydroxyl groups excluding tert-OH is 3. The number of allylic oxidation sites excluding steroid dienone is 1. The second-order valence-electron chi connectivity index (χ2n) is 7.35. The van der Waals surface area contributed by atoms with Crippen LogP contribution in [0.25, 0.3) is 0 Å². The van der Waals surface area contributed by atoms with Crippen LogP contribution in [0.1, 0.15) is 33.6 Å². The Balaban J connectivity index is 2.71. The highest BCUT2D eigenvalue weighted by molar-refractivity contribution is 5.90. The second-order valence-corrected chi connectivity index (χ2v) is 7.35. The lowest BCUT2D eigenvalue weighted by Crippen LogP contribution is -2.57. The molecular formula is C17H30N2O6. The molecule has 2 amide bonds. The zero-order valence-electron chi connectivity index (χ0n) is 15.2. The molecule has 0 aliphatic carbocycles. The Morgan fingerprint density at radius 3 is 2.48 bits per heavy atom. The molecule has 5 N–H and O–H groups in total. The maximum Gasteiger partial charge on any atom is 0.252 e. The van der Waals surface area contributed by atoms with Crippen molar-refractivity contribution in [3.8, 4) is 0 Å². The van der Waals surface area contributed by atoms with E-state index in [-0.39, 0.29) is 11.3 Å². The number of methoxy groups -OCH3 is 1. The number of hydrogen-bond donors (Lipinski definition) is 5. The monoisotopic (exact) mass is 358 g/mol. The summed E-state index contributed by atoms with van der Waals surface area (Å²) in [5.74, 6) is -1.01. The van der Waals surface area contributed by atoms with E-state index in [0.29, 0.717) is 13.0 Å². The number of ether oxygens (including phenoxy) is 1. The van der Waals surface area contributed by atoms with Crippen molar-refractivity contribution >= 4 is 11.8 Å². The van der Waals surface area contributed by atoms with Crippen LogP contribution in [-0.4, -0.2) is 71.2 Å². The summed E-state index contributed by atoms with van der Waals surface area (Å²) in [7, 11) is 1.21. The number of hydrogen-bond acceptors (Lipinski definition) is 6. The fourth-order valence-electron chi connectivity index (χ4n) is 2.45. The highest BCUT2D eigenvalue weighted by Crippen LogP contribution is 2.17. The van der Waals surface area contributed by atoms with Crippen LogP contribution < -0.4 is 10.6 Å². The van der Waals surface area contributed by atoms with Gasteiger partial charge in [-0.25, -0.2) is 0 Å². The van der Waals surface area contributed by atoms with Gasteiger partial charge in [-0.15, -0.1) is 0 Å². The van der Waals surface area contributed by atoms with E-state index >= 15 is 0 Å². The molecule has 0 aromatic carbocycles. The molecule has 25 heavy (non-hydrogen) atoms. The Kier molecular flexibility index (Phi) is 8.01. The first kappa shape index (κ1) is 21.6. The molecule has 5 atom stereocenters. The van der Waals surface area contributed by atoms with E-state index in [9.17, 15) is 24.9 Å². The Bertz CT molecular complexity index is 488. The lowest BCUT2D eigenvalue weighted by atomic mass is 9.94. The van der Waals surface area contributed by atoms with Gasteiger partial charge < -0.3 is 30.7 Å². The molecule has 1 unspecified atom stereocenters. The highest BCUT2D eigenvalue weighted by atomic mass is 16.5. The Morgan fingerprint density at radius 2 is 1.96 bits per heavy atom. The van der Waals surface area contributed by atoms with E-state index in [1.54, 1.807) is 6.08 Å². The summed E-state index contributed by atoms with van der Waals surface area (Å²) in [5.41, 5.74) is -0.210. The smallest absolute Gasteiger partial charge is 0.252 e. The van der Waals surface area contributed by atoms with Crippen LogP contribution in [0.2, 0.25) is 0 Å². The predicted octanol–water partition coefficient (Wildman–Crippen LogP) is -0.919. The van der Waals surface area contributed by atoms with E-state index in [4.69, 9.17) is 4.74 Å². The van der Waals surface area contributed by atoms with E-state index in [1.165, 1.54) is 13.2 Å². The molecule has 0 bridgehead atoms. The summed E-state index contributed by atoms with van der Waals surface area (Å²) >= 11 is 0. The molecule has 1 saturated heterocycles. The lowest BCUT2D eigenvalue weighted by Gasteiger charge is -2.29. The molecular weight excluding hydrogens is 328 g/mol. The van der Waals surface area contributed by atoms with Gasteiger partial charge in [0.05, 0.1) is 0 Å². The Morgan fingerprint density at radius 1 is 1.32 bits per heavy atom. The van der Waals surface area contributed by atoms with Crippen molar-refractivity contribution in [3.05, 3.63) is 12.2 Å². The molecule has 144 valence electrons. The molecule has 1 aliphatic heterocycles. The first-order valence-electron chi connectivity index (χ1n) is 8.41. The van der Waals surface area contributed by atoms with E-state index < -0.39 is 36.4 Å². The van der Waals surface area contributed by atoms with Gasteiger partial charge in [-0.2, -0.15) is 0 Å². The normalized spacial score (nSPS) is 23.6. The van der Waals surface area contributed by atoms with Crippen molar-refractivity contribution in [1.82, 2.24) is 10.6 Å². The summed E-state index contributed by atoms with van der Waals surface area (Å²) in [6.07, 6.45) is -1.76. The molecule has 1 aliphatic rings. The van der Waals surface area contributed by atoms with Gasteiger partial charge in [0, 0.05) is 13.7 Å². The van der Waals surface area contributed by atoms with Crippen LogP contribution in [-0.2, 0) is 14.3 Å². The van der Waals surface area contributed by atoms with Crippen LogP contribution in [0.5, 0.6) is 0 Å². The number of rotatable bonds is 7. The number of piperidine rings is 1. The number of carbonyl (C=O) groups is 2. The van der Waals surface area contributed by atoms with Gasteiger partial charge in [-0.05, 0) is 18.3 Å². The summed E-state index contributed by atoms with van der Waals surface area (Å²) in [6.45, 7) is 6.31. The predicted molar refractivity (Wildman–Crippen MR) is 91.6 cm³/mol. The van der Waals surface area contributed by atoms with Gasteiger partial charge in [0.2, 0.25) is 5.91 Å². The number of nitrogens with one attached hydrogen (secondary N) is 2. The molecule has 0 saturated carbocycles. The number of amides is 2. The Hall–Kier alpha value is -1.48. The summed E-state index contributed by atoms with van der Waals surface area (Å²) < 4.78 is 4.98. The standard InChI is InChI=1S/C17H30N2O6/c1-17(2,3)8-7-11(20)12(21)13(22)14(25-4)16(24)19-10-6-5-9-18-15(10)23/h7-8,10-14,20-22H,5-6,9H2,1-4H3,(H,18,23)(H,19,24)/b8-7+/t10?,11-,12+,13-,14-/m1/s1. The summed E-state index contributed by atoms with van der Waals surface area (Å²) in [4.78, 5) is 24.0. The van der Waals surface area contributed by atoms with Crippen LogP contribution in [0.3, 0.4) is 0 Å². The van der Waals surface area contributed by atoms with Crippen LogP contribution in [0.15, 0.2) is 12.2 Å². The third-order valence-electron chi connectivity index (χ3n) is 3.92. The quantitative estimate of drug-likeness (QED) is 0.375. The summed E-state index contributed by atoms with van der Waals surface area (Å²) in [5, 5.41) is 35.5. The minimum absolute atomic E-state index is 0.210. The topological polar surface area (TPSA) is 128 Å². The van der Waals surface area contributed by atoms with Crippen molar-refractivity contribution in [1.29, 1.82) is 0 Å². The van der Waals surface area contributed by atoms with Crippen LogP contribution >= 0.6 is 0 Å². The van der Waals surface area contributed by atoms with Gasteiger partial charge in [0.1, 0.15) is 24.4 Å². The van der Waals surface area contributed by atoms with Crippen LogP contribution in [0, 0.1) is 5.41 Å². The molecule has 1 heterocycles. The molecule has 0 spiro atoms. The van der Waals surface area contributed by atoms with Crippen molar-refractivity contribution in [2.24, 2.45) is 5.41 Å². The molecule has 1 fully saturated rings.